The number of carboxylic acids is 1. The molecular weight excluding hydrogens is 359 g/mol. The molecule has 2 aliphatic rings. The van der Waals surface area contributed by atoms with E-state index in [-0.39, 0.29) is 36.7 Å². The number of carbonyl (C=O) groups is 2. The summed E-state index contributed by atoms with van der Waals surface area (Å²) in [5.74, 6) is -0.963. The van der Waals surface area contributed by atoms with Crippen molar-refractivity contribution in [2.75, 3.05) is 13.1 Å². The Labute approximate surface area is 159 Å². The van der Waals surface area contributed by atoms with E-state index in [1.165, 1.54) is 12.1 Å². The van der Waals surface area contributed by atoms with Crippen LogP contribution in [0.2, 0.25) is 0 Å². The third-order valence-electron chi connectivity index (χ3n) is 5.41. The fourth-order valence-corrected chi connectivity index (χ4v) is 4.13. The fraction of sp³-hybridized carbons (Fsp3) is 0.579. The number of rotatable bonds is 6. The molecule has 1 aromatic carbocycles. The van der Waals surface area contributed by atoms with E-state index in [2.05, 4.69) is 5.32 Å². The summed E-state index contributed by atoms with van der Waals surface area (Å²) in [4.78, 5) is 25.6. The Morgan fingerprint density at radius 1 is 1.15 bits per heavy atom. The van der Waals surface area contributed by atoms with Crippen molar-refractivity contribution in [3.63, 3.8) is 0 Å². The van der Waals surface area contributed by atoms with Gasteiger partial charge >= 0.3 is 5.97 Å². The Hall–Kier alpha value is -1.66. The second kappa shape index (κ2) is 9.33. The second-order valence-electron chi connectivity index (χ2n) is 7.11. The van der Waals surface area contributed by atoms with Crippen LogP contribution in [-0.2, 0) is 9.59 Å². The standard InChI is InChI=1S/C19H25FN2O3.ClH/c20-15-9-7-14(8-10-15)18(13-4-1-2-5-13)21-17(23)12-22-11-3-6-16(22)19(24)25;/h7-10,13,16,18H,1-6,11-12H2,(H,21,23)(H,24,25);1H/t16-,18?;/m1./s1. The monoisotopic (exact) mass is 384 g/mol. The van der Waals surface area contributed by atoms with Crippen molar-refractivity contribution < 1.29 is 19.1 Å². The minimum atomic E-state index is -0.865. The number of aliphatic carboxylic acids is 1. The molecule has 1 saturated heterocycles. The number of hydrogen-bond acceptors (Lipinski definition) is 3. The van der Waals surface area contributed by atoms with E-state index in [4.69, 9.17) is 0 Å². The lowest BCUT2D eigenvalue weighted by Crippen LogP contribution is -2.44. The SMILES string of the molecule is Cl.O=C(CN1CCC[C@@H]1C(=O)O)NC(c1ccc(F)cc1)C1CCCC1. The number of nitrogens with zero attached hydrogens (tertiary/aromatic N) is 1. The predicted octanol–water partition coefficient (Wildman–Crippen LogP) is 3.14. The molecule has 2 fully saturated rings. The highest BCUT2D eigenvalue weighted by Gasteiger charge is 2.33. The maximum absolute atomic E-state index is 13.2. The fourth-order valence-electron chi connectivity index (χ4n) is 4.13. The molecule has 1 aromatic rings. The zero-order valence-corrected chi connectivity index (χ0v) is 15.5. The summed E-state index contributed by atoms with van der Waals surface area (Å²) in [7, 11) is 0. The van der Waals surface area contributed by atoms with Gasteiger partial charge in [-0.1, -0.05) is 25.0 Å². The van der Waals surface area contributed by atoms with Crippen molar-refractivity contribution in [2.24, 2.45) is 5.92 Å². The zero-order valence-electron chi connectivity index (χ0n) is 14.7. The summed E-state index contributed by atoms with van der Waals surface area (Å²) < 4.78 is 13.2. The molecule has 0 aromatic heterocycles. The molecule has 2 N–H and O–H groups in total. The van der Waals surface area contributed by atoms with Gasteiger partial charge in [-0.25, -0.2) is 4.39 Å². The number of amides is 1. The number of halogens is 2. The number of hydrogen-bond donors (Lipinski definition) is 2. The van der Waals surface area contributed by atoms with Gasteiger partial charge in [0.25, 0.3) is 0 Å². The van der Waals surface area contributed by atoms with Gasteiger partial charge < -0.3 is 10.4 Å². The average Bonchev–Trinajstić information content (AvgIpc) is 3.25. The molecule has 1 saturated carbocycles. The van der Waals surface area contributed by atoms with Gasteiger partial charge in [-0.05, 0) is 55.8 Å². The van der Waals surface area contributed by atoms with Gasteiger partial charge in [-0.2, -0.15) is 0 Å². The number of carbonyl (C=O) groups excluding carboxylic acids is 1. The molecule has 0 spiro atoms. The first-order valence-corrected chi connectivity index (χ1v) is 9.06. The van der Waals surface area contributed by atoms with Crippen molar-refractivity contribution in [3.8, 4) is 0 Å². The van der Waals surface area contributed by atoms with E-state index in [9.17, 15) is 19.1 Å². The molecule has 26 heavy (non-hydrogen) atoms. The van der Waals surface area contributed by atoms with Gasteiger partial charge in [-0.15, -0.1) is 12.4 Å². The van der Waals surface area contributed by atoms with Crippen LogP contribution in [0.4, 0.5) is 4.39 Å². The highest BCUT2D eigenvalue weighted by Crippen LogP contribution is 2.35. The molecule has 7 heteroatoms. The van der Waals surface area contributed by atoms with Crippen LogP contribution < -0.4 is 5.32 Å². The van der Waals surface area contributed by atoms with Crippen LogP contribution in [0.5, 0.6) is 0 Å². The van der Waals surface area contributed by atoms with Crippen molar-refractivity contribution in [2.45, 2.75) is 50.6 Å². The number of benzene rings is 1. The molecule has 1 heterocycles. The summed E-state index contributed by atoms with van der Waals surface area (Å²) in [6.07, 6.45) is 5.77. The predicted molar refractivity (Wildman–Crippen MR) is 98.7 cm³/mol. The average molecular weight is 385 g/mol. The molecule has 1 unspecified atom stereocenters. The third kappa shape index (κ3) is 4.95. The molecule has 0 radical (unpaired) electrons. The molecule has 5 nitrogen and oxygen atoms in total. The first-order valence-electron chi connectivity index (χ1n) is 9.06. The van der Waals surface area contributed by atoms with Crippen LogP contribution in [0.1, 0.15) is 50.1 Å². The number of nitrogens with one attached hydrogen (secondary N) is 1. The van der Waals surface area contributed by atoms with E-state index in [1.807, 2.05) is 0 Å². The van der Waals surface area contributed by atoms with Crippen LogP contribution in [0.3, 0.4) is 0 Å². The maximum atomic E-state index is 13.2. The van der Waals surface area contributed by atoms with Crippen molar-refractivity contribution >= 4 is 24.3 Å². The largest absolute Gasteiger partial charge is 0.480 e. The molecule has 3 rings (SSSR count). The van der Waals surface area contributed by atoms with Gasteiger partial charge in [0.1, 0.15) is 11.9 Å². The van der Waals surface area contributed by atoms with Crippen molar-refractivity contribution in [1.82, 2.24) is 10.2 Å². The lowest BCUT2D eigenvalue weighted by molar-refractivity contribution is -0.142. The lowest BCUT2D eigenvalue weighted by atomic mass is 9.91. The van der Waals surface area contributed by atoms with Crippen LogP contribution in [0, 0.1) is 11.7 Å². The third-order valence-corrected chi connectivity index (χ3v) is 5.41. The Kier molecular flexibility index (Phi) is 7.41. The van der Waals surface area contributed by atoms with E-state index in [0.29, 0.717) is 18.9 Å². The van der Waals surface area contributed by atoms with Crippen LogP contribution in [0.25, 0.3) is 0 Å². The van der Waals surface area contributed by atoms with E-state index >= 15 is 0 Å². The Morgan fingerprint density at radius 3 is 2.42 bits per heavy atom. The van der Waals surface area contributed by atoms with Gasteiger partial charge in [-0.3, -0.25) is 14.5 Å². The minimum Gasteiger partial charge on any atom is -0.480 e. The molecule has 1 aliphatic carbocycles. The molecule has 144 valence electrons. The second-order valence-corrected chi connectivity index (χ2v) is 7.11. The molecule has 2 atom stereocenters. The Morgan fingerprint density at radius 2 is 1.81 bits per heavy atom. The van der Waals surface area contributed by atoms with Gasteiger partial charge in [0.2, 0.25) is 5.91 Å². The van der Waals surface area contributed by atoms with Crippen molar-refractivity contribution in [3.05, 3.63) is 35.6 Å². The normalized spacial score (nSPS) is 22.0. The smallest absolute Gasteiger partial charge is 0.320 e. The van der Waals surface area contributed by atoms with Gasteiger partial charge in [0.15, 0.2) is 0 Å². The first-order chi connectivity index (χ1) is 12.0. The maximum Gasteiger partial charge on any atom is 0.320 e. The highest BCUT2D eigenvalue weighted by atomic mass is 35.5. The molecular formula is C19H26ClFN2O3. The van der Waals surface area contributed by atoms with E-state index in [1.54, 1.807) is 17.0 Å². The van der Waals surface area contributed by atoms with Gasteiger partial charge in [0.05, 0.1) is 12.6 Å². The summed E-state index contributed by atoms with van der Waals surface area (Å²) in [6.45, 7) is 0.733. The summed E-state index contributed by atoms with van der Waals surface area (Å²) in [5, 5.41) is 12.3. The van der Waals surface area contributed by atoms with E-state index < -0.39 is 12.0 Å². The highest BCUT2D eigenvalue weighted by molar-refractivity contribution is 5.85. The summed E-state index contributed by atoms with van der Waals surface area (Å²) in [6, 6.07) is 5.60. The van der Waals surface area contributed by atoms with Crippen LogP contribution >= 0.6 is 12.4 Å². The number of carboxylic acid groups (broad SMARTS) is 1. The summed E-state index contributed by atoms with van der Waals surface area (Å²) in [5.41, 5.74) is 0.915. The van der Waals surface area contributed by atoms with Crippen molar-refractivity contribution in [1.29, 1.82) is 0 Å². The molecule has 1 amide bonds. The van der Waals surface area contributed by atoms with Crippen LogP contribution in [0.15, 0.2) is 24.3 Å². The zero-order chi connectivity index (χ0) is 17.8. The Bertz CT molecular complexity index is 620. The first kappa shape index (κ1) is 20.6. The lowest BCUT2D eigenvalue weighted by Gasteiger charge is -2.27. The van der Waals surface area contributed by atoms with E-state index in [0.717, 1.165) is 37.7 Å². The quantitative estimate of drug-likeness (QED) is 0.790. The molecule has 1 aliphatic heterocycles. The van der Waals surface area contributed by atoms with Crippen LogP contribution in [-0.4, -0.2) is 41.0 Å². The molecule has 0 bridgehead atoms. The van der Waals surface area contributed by atoms with Gasteiger partial charge in [0, 0.05) is 0 Å². The summed E-state index contributed by atoms with van der Waals surface area (Å²) >= 11 is 0. The Balaban J connectivity index is 0.00000243. The number of likely N-dealkylation sites (tertiary alicyclic amines) is 1. The minimum absolute atomic E-state index is 0. The topological polar surface area (TPSA) is 69.6 Å².